The van der Waals surface area contributed by atoms with Crippen LogP contribution >= 0.6 is 0 Å². The molecule has 9 heteroatoms. The van der Waals surface area contributed by atoms with E-state index in [-0.39, 0.29) is 17.3 Å². The zero-order chi connectivity index (χ0) is 21.6. The van der Waals surface area contributed by atoms with Gasteiger partial charge < -0.3 is 14.1 Å². The first-order valence-electron chi connectivity index (χ1n) is 8.88. The molecule has 0 atom stereocenters. The van der Waals surface area contributed by atoms with Crippen LogP contribution in [0.25, 0.3) is 6.08 Å². The van der Waals surface area contributed by atoms with Crippen LogP contribution in [-0.2, 0) is 26.1 Å². The summed E-state index contributed by atoms with van der Waals surface area (Å²) in [5.74, 6) is 0.120. The SMILES string of the molecule is CCNS(=O)(=O)c1ccc(/C=C/C(=O)N(C)Cc2cc(C(=O)OC)c(C)o2)cc1. The summed E-state index contributed by atoms with van der Waals surface area (Å²) in [7, 11) is -0.614. The summed E-state index contributed by atoms with van der Waals surface area (Å²) in [5.41, 5.74) is 1.01. The maximum absolute atomic E-state index is 12.3. The molecule has 2 aromatic rings. The molecule has 0 bridgehead atoms. The van der Waals surface area contributed by atoms with Gasteiger partial charge in [-0.05, 0) is 36.8 Å². The molecule has 0 radical (unpaired) electrons. The number of carbonyl (C=O) groups excluding carboxylic acids is 2. The van der Waals surface area contributed by atoms with Crippen LogP contribution < -0.4 is 4.72 Å². The van der Waals surface area contributed by atoms with Crippen LogP contribution in [0.5, 0.6) is 0 Å². The van der Waals surface area contributed by atoms with E-state index in [0.717, 1.165) is 0 Å². The van der Waals surface area contributed by atoms with Crippen LogP contribution in [0.4, 0.5) is 0 Å². The molecule has 1 amide bonds. The molecule has 0 spiro atoms. The second kappa shape index (κ2) is 9.53. The fourth-order valence-electron chi connectivity index (χ4n) is 2.57. The van der Waals surface area contributed by atoms with Crippen molar-refractivity contribution in [3.63, 3.8) is 0 Å². The first-order chi connectivity index (χ1) is 13.7. The van der Waals surface area contributed by atoms with Gasteiger partial charge in [-0.3, -0.25) is 4.79 Å². The van der Waals surface area contributed by atoms with Crippen molar-refractivity contribution in [2.75, 3.05) is 20.7 Å². The molecule has 1 aromatic carbocycles. The molecular formula is C20H24N2O6S. The number of sulfonamides is 1. The first kappa shape index (κ1) is 22.4. The zero-order valence-electron chi connectivity index (χ0n) is 16.8. The number of rotatable bonds is 8. The summed E-state index contributed by atoms with van der Waals surface area (Å²) in [4.78, 5) is 25.5. The Kier molecular flexibility index (Phi) is 7.35. The van der Waals surface area contributed by atoms with Gasteiger partial charge in [-0.15, -0.1) is 0 Å². The Hall–Kier alpha value is -2.91. The number of ether oxygens (including phenoxy) is 1. The number of methoxy groups -OCH3 is 1. The van der Waals surface area contributed by atoms with Gasteiger partial charge in [-0.2, -0.15) is 0 Å². The van der Waals surface area contributed by atoms with Crippen molar-refractivity contribution < 1.29 is 27.2 Å². The summed E-state index contributed by atoms with van der Waals surface area (Å²) in [6.07, 6.45) is 2.97. The molecule has 0 aliphatic rings. The van der Waals surface area contributed by atoms with E-state index in [1.54, 1.807) is 45.2 Å². The van der Waals surface area contributed by atoms with Crippen LogP contribution in [-0.4, -0.2) is 45.9 Å². The van der Waals surface area contributed by atoms with E-state index in [1.807, 2.05) is 0 Å². The van der Waals surface area contributed by atoms with Gasteiger partial charge in [0.2, 0.25) is 15.9 Å². The number of amides is 1. The average molecular weight is 420 g/mol. The third kappa shape index (κ3) is 5.78. The highest BCUT2D eigenvalue weighted by Crippen LogP contribution is 2.17. The molecule has 0 saturated heterocycles. The maximum Gasteiger partial charge on any atom is 0.341 e. The quantitative estimate of drug-likeness (QED) is 0.519. The van der Waals surface area contributed by atoms with E-state index in [2.05, 4.69) is 9.46 Å². The van der Waals surface area contributed by atoms with E-state index in [4.69, 9.17) is 4.42 Å². The molecule has 156 valence electrons. The van der Waals surface area contributed by atoms with Crippen LogP contribution in [0.1, 0.15) is 34.4 Å². The van der Waals surface area contributed by atoms with Crippen molar-refractivity contribution in [2.24, 2.45) is 0 Å². The lowest BCUT2D eigenvalue weighted by Crippen LogP contribution is -2.23. The third-order valence-electron chi connectivity index (χ3n) is 4.09. The minimum absolute atomic E-state index is 0.162. The van der Waals surface area contributed by atoms with Crippen molar-refractivity contribution in [1.29, 1.82) is 0 Å². The number of furan rings is 1. The number of hydrogen-bond donors (Lipinski definition) is 1. The summed E-state index contributed by atoms with van der Waals surface area (Å²) in [5, 5.41) is 0. The fourth-order valence-corrected chi connectivity index (χ4v) is 3.61. The van der Waals surface area contributed by atoms with E-state index in [1.165, 1.54) is 30.2 Å². The van der Waals surface area contributed by atoms with Gasteiger partial charge in [0.1, 0.15) is 17.1 Å². The van der Waals surface area contributed by atoms with E-state index < -0.39 is 16.0 Å². The van der Waals surface area contributed by atoms with Gasteiger partial charge in [0.15, 0.2) is 0 Å². The largest absolute Gasteiger partial charge is 0.465 e. The van der Waals surface area contributed by atoms with E-state index in [0.29, 0.717) is 29.2 Å². The molecule has 1 N–H and O–H groups in total. The zero-order valence-corrected chi connectivity index (χ0v) is 17.6. The molecular weight excluding hydrogens is 396 g/mol. The monoisotopic (exact) mass is 420 g/mol. The minimum atomic E-state index is -3.51. The molecule has 0 unspecified atom stereocenters. The number of benzene rings is 1. The smallest absolute Gasteiger partial charge is 0.341 e. The van der Waals surface area contributed by atoms with Crippen LogP contribution in [0.2, 0.25) is 0 Å². The molecule has 29 heavy (non-hydrogen) atoms. The molecule has 8 nitrogen and oxygen atoms in total. The van der Waals surface area contributed by atoms with Gasteiger partial charge >= 0.3 is 5.97 Å². The van der Waals surface area contributed by atoms with Crippen LogP contribution in [0, 0.1) is 6.92 Å². The second-order valence-corrected chi connectivity index (χ2v) is 8.04. The van der Waals surface area contributed by atoms with Crippen molar-refractivity contribution in [1.82, 2.24) is 9.62 Å². The predicted molar refractivity (Wildman–Crippen MR) is 108 cm³/mol. The topological polar surface area (TPSA) is 106 Å². The molecule has 0 aliphatic carbocycles. The number of esters is 1. The van der Waals surface area contributed by atoms with E-state index in [9.17, 15) is 18.0 Å². The van der Waals surface area contributed by atoms with Crippen molar-refractivity contribution in [2.45, 2.75) is 25.3 Å². The molecule has 1 aromatic heterocycles. The van der Waals surface area contributed by atoms with Gasteiger partial charge in [-0.25, -0.2) is 17.9 Å². The Labute approximate surface area is 170 Å². The number of hydrogen-bond acceptors (Lipinski definition) is 6. The Morgan fingerprint density at radius 2 is 1.90 bits per heavy atom. The molecule has 0 fully saturated rings. The van der Waals surface area contributed by atoms with Gasteiger partial charge in [0, 0.05) is 19.7 Å². The number of nitrogens with one attached hydrogen (secondary N) is 1. The minimum Gasteiger partial charge on any atom is -0.465 e. The Bertz CT molecular complexity index is 1010. The normalized spacial score (nSPS) is 11.6. The first-order valence-corrected chi connectivity index (χ1v) is 10.4. The Morgan fingerprint density at radius 3 is 2.48 bits per heavy atom. The molecule has 0 aliphatic heterocycles. The molecule has 2 rings (SSSR count). The Morgan fingerprint density at radius 1 is 1.24 bits per heavy atom. The van der Waals surface area contributed by atoms with Crippen molar-refractivity contribution >= 4 is 28.0 Å². The maximum atomic E-state index is 12.3. The fraction of sp³-hybridized carbons (Fsp3) is 0.300. The van der Waals surface area contributed by atoms with Gasteiger partial charge in [0.25, 0.3) is 0 Å². The lowest BCUT2D eigenvalue weighted by molar-refractivity contribution is -0.125. The Balaban J connectivity index is 2.02. The highest BCUT2D eigenvalue weighted by Gasteiger charge is 2.17. The van der Waals surface area contributed by atoms with E-state index >= 15 is 0 Å². The third-order valence-corrected chi connectivity index (χ3v) is 5.65. The standard InChI is InChI=1S/C20H24N2O6S/c1-5-21-29(25,26)17-9-6-15(7-10-17)8-11-19(23)22(3)13-16-12-18(14(2)28-16)20(24)27-4/h6-12,21H,5,13H2,1-4H3/b11-8+. The molecule has 0 saturated carbocycles. The number of carbonyl (C=O) groups is 2. The number of likely N-dealkylation sites (N-methyl/N-ethyl adjacent to an activating group) is 1. The predicted octanol–water partition coefficient (Wildman–Crippen LogP) is 2.34. The average Bonchev–Trinajstić information content (AvgIpc) is 3.05. The highest BCUT2D eigenvalue weighted by molar-refractivity contribution is 7.89. The number of nitrogens with zero attached hydrogens (tertiary/aromatic N) is 1. The summed E-state index contributed by atoms with van der Waals surface area (Å²) >= 11 is 0. The van der Waals surface area contributed by atoms with Crippen LogP contribution in [0.15, 0.2) is 45.7 Å². The summed E-state index contributed by atoms with van der Waals surface area (Å²) in [6.45, 7) is 3.84. The summed E-state index contributed by atoms with van der Waals surface area (Å²) in [6, 6.07) is 7.74. The van der Waals surface area contributed by atoms with Crippen LogP contribution in [0.3, 0.4) is 0 Å². The highest BCUT2D eigenvalue weighted by atomic mass is 32.2. The van der Waals surface area contributed by atoms with Crippen molar-refractivity contribution in [3.05, 3.63) is 59.1 Å². The summed E-state index contributed by atoms with van der Waals surface area (Å²) < 4.78 is 36.5. The van der Waals surface area contributed by atoms with Gasteiger partial charge in [-0.1, -0.05) is 19.1 Å². The lowest BCUT2D eigenvalue weighted by atomic mass is 10.2. The molecule has 1 heterocycles. The lowest BCUT2D eigenvalue weighted by Gasteiger charge is -2.13. The second-order valence-electron chi connectivity index (χ2n) is 6.27. The van der Waals surface area contributed by atoms with Crippen molar-refractivity contribution in [3.8, 4) is 0 Å². The number of aryl methyl sites for hydroxylation is 1. The van der Waals surface area contributed by atoms with Gasteiger partial charge in [0.05, 0.1) is 18.6 Å².